The molecule has 1 aromatic heterocycles. The van der Waals surface area contributed by atoms with Gasteiger partial charge < -0.3 is 14.4 Å². The number of nitrogens with zero attached hydrogens (tertiary/aromatic N) is 3. The molecule has 2 heterocycles. The fourth-order valence-corrected chi connectivity index (χ4v) is 1.99. The lowest BCUT2D eigenvalue weighted by Crippen LogP contribution is -2.43. The van der Waals surface area contributed by atoms with Gasteiger partial charge in [0.25, 0.3) is 0 Å². The Kier molecular flexibility index (Phi) is 4.09. The Labute approximate surface area is 106 Å². The molecule has 1 fully saturated rings. The topological polar surface area (TPSA) is 64.6 Å². The molecule has 1 aromatic rings. The third kappa shape index (κ3) is 2.59. The summed E-state index contributed by atoms with van der Waals surface area (Å²) >= 11 is 0. The van der Waals surface area contributed by atoms with Gasteiger partial charge in [-0.2, -0.15) is 0 Å². The number of rotatable bonds is 3. The van der Waals surface area contributed by atoms with Crippen LogP contribution in [0.15, 0.2) is 12.5 Å². The maximum atomic E-state index is 11.7. The lowest BCUT2D eigenvalue weighted by atomic mass is 10.2. The lowest BCUT2D eigenvalue weighted by molar-refractivity contribution is 0.0378. The van der Waals surface area contributed by atoms with Crippen molar-refractivity contribution in [1.29, 1.82) is 0 Å². The van der Waals surface area contributed by atoms with Gasteiger partial charge in [0.1, 0.15) is 17.7 Å². The summed E-state index contributed by atoms with van der Waals surface area (Å²) in [6.45, 7) is 4.17. The fraction of sp³-hybridized carbons (Fsp3) is 0.583. The molecule has 0 N–H and O–H groups in total. The maximum absolute atomic E-state index is 11.7. The van der Waals surface area contributed by atoms with Crippen LogP contribution in [0, 0.1) is 0 Å². The molecule has 1 saturated heterocycles. The van der Waals surface area contributed by atoms with Crippen LogP contribution in [-0.2, 0) is 9.47 Å². The van der Waals surface area contributed by atoms with E-state index in [1.807, 2.05) is 4.90 Å². The Balaban J connectivity index is 2.24. The van der Waals surface area contributed by atoms with E-state index in [0.717, 1.165) is 19.5 Å². The molecule has 1 aliphatic heterocycles. The van der Waals surface area contributed by atoms with Crippen LogP contribution in [0.4, 0.5) is 5.82 Å². The van der Waals surface area contributed by atoms with Crippen molar-refractivity contribution in [1.82, 2.24) is 9.97 Å². The summed E-state index contributed by atoms with van der Waals surface area (Å²) in [4.78, 5) is 21.8. The number of carbonyl (C=O) groups is 1. The number of anilines is 1. The first-order valence-corrected chi connectivity index (χ1v) is 6.01. The van der Waals surface area contributed by atoms with Crippen LogP contribution in [0.2, 0.25) is 0 Å². The predicted octanol–water partition coefficient (Wildman–Crippen LogP) is 0.878. The van der Waals surface area contributed by atoms with Gasteiger partial charge in [-0.1, -0.05) is 6.92 Å². The molecule has 0 saturated carbocycles. The summed E-state index contributed by atoms with van der Waals surface area (Å²) < 4.78 is 10.3. The van der Waals surface area contributed by atoms with Crippen LogP contribution in [0.3, 0.4) is 0 Å². The zero-order valence-electron chi connectivity index (χ0n) is 10.6. The van der Waals surface area contributed by atoms with Gasteiger partial charge in [-0.05, 0) is 6.42 Å². The minimum Gasteiger partial charge on any atom is -0.465 e. The van der Waals surface area contributed by atoms with Crippen LogP contribution < -0.4 is 4.90 Å². The second-order valence-corrected chi connectivity index (χ2v) is 4.10. The summed E-state index contributed by atoms with van der Waals surface area (Å²) in [5, 5.41) is 0. The van der Waals surface area contributed by atoms with E-state index in [9.17, 15) is 4.79 Å². The van der Waals surface area contributed by atoms with Crippen molar-refractivity contribution in [3.05, 3.63) is 18.1 Å². The van der Waals surface area contributed by atoms with Crippen molar-refractivity contribution in [3.63, 3.8) is 0 Å². The third-order valence-electron chi connectivity index (χ3n) is 2.99. The largest absolute Gasteiger partial charge is 0.465 e. The first-order chi connectivity index (χ1) is 8.76. The number of morpholine rings is 1. The average Bonchev–Trinajstić information content (AvgIpc) is 2.46. The van der Waals surface area contributed by atoms with Crippen molar-refractivity contribution in [2.24, 2.45) is 0 Å². The zero-order chi connectivity index (χ0) is 13.0. The van der Waals surface area contributed by atoms with E-state index < -0.39 is 5.97 Å². The zero-order valence-corrected chi connectivity index (χ0v) is 10.6. The molecule has 0 amide bonds. The third-order valence-corrected chi connectivity index (χ3v) is 2.99. The maximum Gasteiger partial charge on any atom is 0.343 e. The molecule has 0 aromatic carbocycles. The second-order valence-electron chi connectivity index (χ2n) is 4.10. The average molecular weight is 251 g/mol. The molecule has 98 valence electrons. The van der Waals surface area contributed by atoms with Crippen LogP contribution in [0.25, 0.3) is 0 Å². The second kappa shape index (κ2) is 5.77. The van der Waals surface area contributed by atoms with E-state index in [0.29, 0.717) is 18.0 Å². The van der Waals surface area contributed by atoms with Crippen molar-refractivity contribution in [2.75, 3.05) is 31.7 Å². The Morgan fingerprint density at radius 1 is 1.67 bits per heavy atom. The Hall–Kier alpha value is -1.69. The number of hydrogen-bond acceptors (Lipinski definition) is 6. The summed E-state index contributed by atoms with van der Waals surface area (Å²) in [6.07, 6.45) is 4.05. The first kappa shape index (κ1) is 12.8. The smallest absolute Gasteiger partial charge is 0.343 e. The number of esters is 1. The summed E-state index contributed by atoms with van der Waals surface area (Å²) in [7, 11) is 1.35. The molecular formula is C12H17N3O3. The van der Waals surface area contributed by atoms with Gasteiger partial charge in [0.2, 0.25) is 0 Å². The van der Waals surface area contributed by atoms with Crippen molar-refractivity contribution in [3.8, 4) is 0 Å². The molecule has 0 radical (unpaired) electrons. The summed E-state index contributed by atoms with van der Waals surface area (Å²) in [5.41, 5.74) is 0.400. The molecule has 1 atom stereocenters. The molecule has 2 rings (SSSR count). The van der Waals surface area contributed by atoms with Gasteiger partial charge in [0.05, 0.1) is 19.8 Å². The number of carbonyl (C=O) groups excluding carboxylic acids is 1. The SMILES string of the molecule is CCC1CN(c2ncncc2C(=O)OC)CCO1. The van der Waals surface area contributed by atoms with Crippen molar-refractivity contribution < 1.29 is 14.3 Å². The van der Waals surface area contributed by atoms with E-state index in [1.54, 1.807) is 0 Å². The molecule has 0 spiro atoms. The Morgan fingerprint density at radius 2 is 2.50 bits per heavy atom. The Bertz CT molecular complexity index is 425. The fourth-order valence-electron chi connectivity index (χ4n) is 1.99. The normalized spacial score (nSPS) is 19.7. The van der Waals surface area contributed by atoms with Gasteiger partial charge >= 0.3 is 5.97 Å². The summed E-state index contributed by atoms with van der Waals surface area (Å²) in [5.74, 6) is 0.212. The monoisotopic (exact) mass is 251 g/mol. The predicted molar refractivity (Wildman–Crippen MR) is 65.6 cm³/mol. The van der Waals surface area contributed by atoms with Crippen LogP contribution in [0.1, 0.15) is 23.7 Å². The van der Waals surface area contributed by atoms with E-state index in [4.69, 9.17) is 9.47 Å². The summed E-state index contributed by atoms with van der Waals surface area (Å²) in [6, 6.07) is 0. The Morgan fingerprint density at radius 3 is 3.22 bits per heavy atom. The first-order valence-electron chi connectivity index (χ1n) is 6.01. The molecule has 1 aliphatic rings. The molecule has 18 heavy (non-hydrogen) atoms. The van der Waals surface area contributed by atoms with Crippen LogP contribution in [0.5, 0.6) is 0 Å². The molecular weight excluding hydrogens is 234 g/mol. The number of hydrogen-bond donors (Lipinski definition) is 0. The molecule has 6 heteroatoms. The molecule has 6 nitrogen and oxygen atoms in total. The van der Waals surface area contributed by atoms with Gasteiger partial charge in [-0.25, -0.2) is 14.8 Å². The van der Waals surface area contributed by atoms with Gasteiger partial charge in [-0.3, -0.25) is 0 Å². The minimum absolute atomic E-state index is 0.180. The molecule has 0 aliphatic carbocycles. The van der Waals surface area contributed by atoms with E-state index >= 15 is 0 Å². The number of methoxy groups -OCH3 is 1. The van der Waals surface area contributed by atoms with E-state index in [2.05, 4.69) is 16.9 Å². The lowest BCUT2D eigenvalue weighted by Gasteiger charge is -2.33. The van der Waals surface area contributed by atoms with Gasteiger partial charge in [0.15, 0.2) is 0 Å². The van der Waals surface area contributed by atoms with Crippen molar-refractivity contribution in [2.45, 2.75) is 19.4 Å². The van der Waals surface area contributed by atoms with Crippen LogP contribution in [-0.4, -0.2) is 48.8 Å². The number of ether oxygens (including phenoxy) is 2. The van der Waals surface area contributed by atoms with E-state index in [-0.39, 0.29) is 6.10 Å². The quantitative estimate of drug-likeness (QED) is 0.743. The highest BCUT2D eigenvalue weighted by Crippen LogP contribution is 2.20. The van der Waals surface area contributed by atoms with Gasteiger partial charge in [0, 0.05) is 19.3 Å². The van der Waals surface area contributed by atoms with E-state index in [1.165, 1.54) is 19.6 Å². The minimum atomic E-state index is -0.412. The molecule has 1 unspecified atom stereocenters. The highest BCUT2D eigenvalue weighted by Gasteiger charge is 2.24. The molecule has 0 bridgehead atoms. The van der Waals surface area contributed by atoms with Crippen molar-refractivity contribution >= 4 is 11.8 Å². The van der Waals surface area contributed by atoms with Gasteiger partial charge in [-0.15, -0.1) is 0 Å². The number of aromatic nitrogens is 2. The standard InChI is InChI=1S/C12H17N3O3/c1-3-9-7-15(4-5-18-9)11-10(12(16)17-2)6-13-8-14-11/h6,8-9H,3-5,7H2,1-2H3. The highest BCUT2D eigenvalue weighted by atomic mass is 16.5. The van der Waals surface area contributed by atoms with Crippen LogP contribution >= 0.6 is 0 Å². The highest BCUT2D eigenvalue weighted by molar-refractivity contribution is 5.94.